The molecule has 0 aromatic heterocycles. The van der Waals surface area contributed by atoms with Crippen molar-refractivity contribution in [1.29, 1.82) is 0 Å². The summed E-state index contributed by atoms with van der Waals surface area (Å²) < 4.78 is 13.9. The summed E-state index contributed by atoms with van der Waals surface area (Å²) in [7, 11) is 0. The first-order valence-corrected chi connectivity index (χ1v) is 14.5. The van der Waals surface area contributed by atoms with Gasteiger partial charge in [-0.1, -0.05) is 119 Å². The van der Waals surface area contributed by atoms with Crippen LogP contribution >= 0.6 is 0 Å². The van der Waals surface area contributed by atoms with Gasteiger partial charge in [0.15, 0.2) is 23.0 Å². The molecule has 0 spiro atoms. The number of benzene rings is 4. The van der Waals surface area contributed by atoms with Gasteiger partial charge in [-0.25, -0.2) is 9.98 Å². The predicted octanol–water partition coefficient (Wildman–Crippen LogP) is 2.14. The van der Waals surface area contributed by atoms with Gasteiger partial charge in [0.05, 0.1) is 18.5 Å². The van der Waals surface area contributed by atoms with E-state index in [1.54, 1.807) is 0 Å². The van der Waals surface area contributed by atoms with Crippen LogP contribution in [0, 0.1) is 27.7 Å². The van der Waals surface area contributed by atoms with Crippen molar-refractivity contribution >= 4 is 11.8 Å². The van der Waals surface area contributed by atoms with Crippen LogP contribution in [0.2, 0.25) is 0 Å². The number of aliphatic imine (C=N–C) groups is 2. The summed E-state index contributed by atoms with van der Waals surface area (Å²) in [4.78, 5) is 10.2. The Kier molecular flexibility index (Phi) is 11.6. The summed E-state index contributed by atoms with van der Waals surface area (Å²) in [5.41, 5.74) is 7.74. The molecule has 0 N–H and O–H groups in total. The van der Waals surface area contributed by atoms with Crippen LogP contribution in [0.15, 0.2) is 107 Å². The Morgan fingerprint density at radius 3 is 1.05 bits per heavy atom. The van der Waals surface area contributed by atoms with Crippen molar-refractivity contribution in [2.75, 3.05) is 0 Å². The molecule has 0 amide bonds. The van der Waals surface area contributed by atoms with Crippen LogP contribution in [-0.4, -0.2) is 23.9 Å². The van der Waals surface area contributed by atoms with Gasteiger partial charge in [-0.2, -0.15) is 0 Å². The second-order valence-corrected chi connectivity index (χ2v) is 11.7. The zero-order chi connectivity index (χ0) is 28.8. The maximum Gasteiger partial charge on any atom is 2.00 e. The van der Waals surface area contributed by atoms with Crippen molar-refractivity contribution in [2.24, 2.45) is 9.98 Å². The van der Waals surface area contributed by atoms with Crippen LogP contribution in [0.3, 0.4) is 0 Å². The summed E-state index contributed by atoms with van der Waals surface area (Å²) in [6.45, 7) is 12.8. The number of halogens is 2. The second-order valence-electron chi connectivity index (χ2n) is 11.7. The number of aryl methyl sites for hydroxylation is 4. The number of hydrogen-bond acceptors (Lipinski definition) is 4. The Morgan fingerprint density at radius 1 is 0.523 bits per heavy atom. The van der Waals surface area contributed by atoms with Crippen LogP contribution < -0.4 is 34.0 Å². The molecule has 2 heterocycles. The van der Waals surface area contributed by atoms with E-state index in [9.17, 15) is 0 Å². The van der Waals surface area contributed by atoms with E-state index in [-0.39, 0.29) is 66.5 Å². The summed E-state index contributed by atoms with van der Waals surface area (Å²) in [6, 6.07) is 34.1. The predicted molar refractivity (Wildman–Crippen MR) is 167 cm³/mol. The van der Waals surface area contributed by atoms with Crippen molar-refractivity contribution in [3.05, 3.63) is 142 Å². The quantitative estimate of drug-likeness (QED) is 0.281. The Morgan fingerprint density at radius 2 is 0.795 bits per heavy atom. The maximum absolute atomic E-state index is 6.95. The molecule has 0 radical (unpaired) electrons. The van der Waals surface area contributed by atoms with Gasteiger partial charge in [-0.05, 0) is 41.5 Å². The van der Waals surface area contributed by atoms with Crippen LogP contribution in [0.4, 0.5) is 0 Å². The molecule has 0 bridgehead atoms. The molecule has 232 valence electrons. The van der Waals surface area contributed by atoms with Crippen molar-refractivity contribution in [1.82, 2.24) is 0 Å². The van der Waals surface area contributed by atoms with Crippen molar-refractivity contribution < 1.29 is 63.9 Å². The number of rotatable bonds is 6. The molecule has 0 aliphatic carbocycles. The standard InChI is InChI=1S/C37H38N2O2.2BrH.Pd/c1-24-11-7-15-30(19-24)36(31-16-8-12-25(2)20-31)28(5)38-34(40-36)23-35-39-29(6)37(41-35,32-17-9-13-26(3)21-32)33-18-10-14-27(4)22-33;;;/h7-22,28-29H,23H2,1-6H3;2*1H;/q;;;+2/p-2/t28-,29-;;;/m1.../s1. The molecule has 2 aliphatic heterocycles. The molecule has 4 aromatic carbocycles. The SMILES string of the molecule is Cc1cccc(C2(c3cccc(C)c3)OC(CC3=N[C@H](C)C(c4cccc(C)c4)(c4cccc(C)c4)O3)=N[C@@H]2C)c1.[Br-].[Br-].[Pd+2]. The first-order valence-electron chi connectivity index (χ1n) is 14.5. The first-order chi connectivity index (χ1) is 19.7. The number of hydrogen-bond donors (Lipinski definition) is 0. The molecular weight excluding hydrogens is 771 g/mol. The Labute approximate surface area is 296 Å². The number of ether oxygens (including phenoxy) is 2. The molecule has 44 heavy (non-hydrogen) atoms. The summed E-state index contributed by atoms with van der Waals surface area (Å²) >= 11 is 0. The fourth-order valence-corrected chi connectivity index (χ4v) is 6.54. The molecule has 0 fully saturated rings. The van der Waals surface area contributed by atoms with Gasteiger partial charge >= 0.3 is 20.4 Å². The van der Waals surface area contributed by atoms with E-state index >= 15 is 0 Å². The Bertz CT molecular complexity index is 1470. The molecule has 2 atom stereocenters. The van der Waals surface area contributed by atoms with E-state index in [1.807, 2.05) is 0 Å². The topological polar surface area (TPSA) is 43.2 Å². The number of nitrogens with zero attached hydrogens (tertiary/aromatic N) is 2. The molecule has 0 saturated heterocycles. The summed E-state index contributed by atoms with van der Waals surface area (Å²) in [6.07, 6.45) is 0.396. The molecule has 6 rings (SSSR count). The zero-order valence-corrected chi connectivity index (χ0v) is 30.6. The molecular formula is C37H38Br2N2O2Pd. The Balaban J connectivity index is 0.00000176. The average molecular weight is 809 g/mol. The molecule has 4 nitrogen and oxygen atoms in total. The van der Waals surface area contributed by atoms with Crippen LogP contribution in [0.5, 0.6) is 0 Å². The zero-order valence-electron chi connectivity index (χ0n) is 25.9. The molecule has 4 aromatic rings. The third-order valence-corrected chi connectivity index (χ3v) is 8.50. The van der Waals surface area contributed by atoms with Gasteiger partial charge in [-0.15, -0.1) is 0 Å². The fourth-order valence-electron chi connectivity index (χ4n) is 6.54. The van der Waals surface area contributed by atoms with Gasteiger partial charge in [0.2, 0.25) is 0 Å². The maximum atomic E-state index is 6.95. The average Bonchev–Trinajstić information content (AvgIpc) is 3.45. The molecule has 0 unspecified atom stereocenters. The van der Waals surface area contributed by atoms with Gasteiger partial charge in [-0.3, -0.25) is 0 Å². The Hall–Kier alpha value is -2.56. The van der Waals surface area contributed by atoms with Crippen molar-refractivity contribution in [3.63, 3.8) is 0 Å². The van der Waals surface area contributed by atoms with Crippen molar-refractivity contribution in [2.45, 2.75) is 71.2 Å². The fraction of sp³-hybridized carbons (Fsp3) is 0.297. The largest absolute Gasteiger partial charge is 2.00 e. The minimum Gasteiger partial charge on any atom is -1.00 e. The van der Waals surface area contributed by atoms with E-state index in [4.69, 9.17) is 19.5 Å². The van der Waals surface area contributed by atoms with Gasteiger partial charge < -0.3 is 43.4 Å². The van der Waals surface area contributed by atoms with E-state index in [1.165, 1.54) is 22.3 Å². The monoisotopic (exact) mass is 806 g/mol. The van der Waals surface area contributed by atoms with Crippen LogP contribution in [-0.2, 0) is 41.1 Å². The second kappa shape index (κ2) is 14.3. The van der Waals surface area contributed by atoms with Crippen LogP contribution in [0.1, 0.15) is 64.8 Å². The van der Waals surface area contributed by atoms with Gasteiger partial charge in [0.1, 0.15) is 0 Å². The van der Waals surface area contributed by atoms with E-state index < -0.39 is 11.2 Å². The molecule has 7 heteroatoms. The minimum atomic E-state index is -0.720. The van der Waals surface area contributed by atoms with Gasteiger partial charge in [0, 0.05) is 22.3 Å². The van der Waals surface area contributed by atoms with Crippen LogP contribution in [0.25, 0.3) is 0 Å². The van der Waals surface area contributed by atoms with Gasteiger partial charge in [0.25, 0.3) is 0 Å². The smallest absolute Gasteiger partial charge is 1.00 e. The molecule has 2 aliphatic rings. The van der Waals surface area contributed by atoms with E-state index in [0.717, 1.165) is 22.3 Å². The van der Waals surface area contributed by atoms with Crippen molar-refractivity contribution in [3.8, 4) is 0 Å². The van der Waals surface area contributed by atoms with E-state index in [0.29, 0.717) is 18.2 Å². The third kappa shape index (κ3) is 6.40. The normalized spacial score (nSPS) is 19.2. The minimum absolute atomic E-state index is 0. The first kappa shape index (κ1) is 35.9. The summed E-state index contributed by atoms with van der Waals surface area (Å²) in [5.74, 6) is 1.30. The van der Waals surface area contributed by atoms with E-state index in [2.05, 4.69) is 139 Å². The summed E-state index contributed by atoms with van der Waals surface area (Å²) in [5, 5.41) is 0. The third-order valence-electron chi connectivity index (χ3n) is 8.50. The molecule has 0 saturated carbocycles.